The van der Waals surface area contributed by atoms with Crippen LogP contribution in [0.15, 0.2) is 48.5 Å². The largest absolute Gasteiger partial charge is 0.302 e. The molecule has 0 spiro atoms. The molecule has 7 heteroatoms. The molecule has 0 N–H and O–H groups in total. The number of nitriles is 1. The van der Waals surface area contributed by atoms with E-state index in [2.05, 4.69) is 29.8 Å². The standard InChI is InChI=1S/C21H22N4OS.ClH/c1-3-24(4-2)13-14-25(20(26)17-11-9-16(15-22)10-12-17)21-23-18-7-5-6-8-19(18)27-21;/h5-12H,3-4,13-14H2,1-2H3;1H. The van der Waals surface area contributed by atoms with Crippen molar-refractivity contribution in [3.05, 3.63) is 59.7 Å². The predicted octanol–water partition coefficient (Wildman–Crippen LogP) is 4.58. The zero-order valence-corrected chi connectivity index (χ0v) is 17.6. The molecule has 0 saturated carbocycles. The van der Waals surface area contributed by atoms with Crippen molar-refractivity contribution < 1.29 is 4.79 Å². The summed E-state index contributed by atoms with van der Waals surface area (Å²) in [5.41, 5.74) is 2.01. The first-order chi connectivity index (χ1) is 13.2. The quantitative estimate of drug-likeness (QED) is 0.567. The van der Waals surface area contributed by atoms with Gasteiger partial charge < -0.3 is 4.90 Å². The predicted molar refractivity (Wildman–Crippen MR) is 117 cm³/mol. The Morgan fingerprint density at radius 3 is 2.36 bits per heavy atom. The van der Waals surface area contributed by atoms with E-state index in [1.165, 1.54) is 11.3 Å². The number of amides is 1. The fraction of sp³-hybridized carbons (Fsp3) is 0.286. The molecule has 0 aliphatic heterocycles. The zero-order valence-electron chi connectivity index (χ0n) is 16.0. The minimum Gasteiger partial charge on any atom is -0.302 e. The van der Waals surface area contributed by atoms with E-state index < -0.39 is 0 Å². The summed E-state index contributed by atoms with van der Waals surface area (Å²) in [4.78, 5) is 21.9. The molecule has 0 bridgehead atoms. The number of benzene rings is 2. The van der Waals surface area contributed by atoms with Crippen LogP contribution in [-0.2, 0) is 0 Å². The number of para-hydroxylation sites is 1. The molecule has 0 unspecified atom stereocenters. The number of likely N-dealkylation sites (N-methyl/N-ethyl adjacent to an activating group) is 1. The highest BCUT2D eigenvalue weighted by Gasteiger charge is 2.21. The Bertz CT molecular complexity index is 927. The monoisotopic (exact) mass is 414 g/mol. The summed E-state index contributed by atoms with van der Waals surface area (Å²) in [5.74, 6) is -0.0919. The van der Waals surface area contributed by atoms with Gasteiger partial charge in [0.15, 0.2) is 5.13 Å². The maximum Gasteiger partial charge on any atom is 0.260 e. The van der Waals surface area contributed by atoms with E-state index in [1.807, 2.05) is 24.3 Å². The Morgan fingerprint density at radius 1 is 1.07 bits per heavy atom. The van der Waals surface area contributed by atoms with Gasteiger partial charge >= 0.3 is 0 Å². The van der Waals surface area contributed by atoms with Crippen molar-refractivity contribution in [2.24, 2.45) is 0 Å². The van der Waals surface area contributed by atoms with Crippen LogP contribution in [0.4, 0.5) is 5.13 Å². The molecular formula is C21H23ClN4OS. The van der Waals surface area contributed by atoms with Gasteiger partial charge in [0, 0.05) is 18.7 Å². The number of anilines is 1. The van der Waals surface area contributed by atoms with Crippen LogP contribution in [0.3, 0.4) is 0 Å². The lowest BCUT2D eigenvalue weighted by atomic mass is 10.1. The molecule has 1 heterocycles. The first kappa shape index (κ1) is 21.8. The van der Waals surface area contributed by atoms with Gasteiger partial charge in [0.1, 0.15) is 0 Å². The van der Waals surface area contributed by atoms with Crippen molar-refractivity contribution in [3.63, 3.8) is 0 Å². The van der Waals surface area contributed by atoms with Crippen molar-refractivity contribution in [2.45, 2.75) is 13.8 Å². The lowest BCUT2D eigenvalue weighted by Gasteiger charge is -2.24. The van der Waals surface area contributed by atoms with Gasteiger partial charge in [-0.15, -0.1) is 12.4 Å². The number of hydrogen-bond acceptors (Lipinski definition) is 5. The molecule has 0 atom stereocenters. The summed E-state index contributed by atoms with van der Waals surface area (Å²) < 4.78 is 1.06. The highest BCUT2D eigenvalue weighted by atomic mass is 35.5. The molecule has 3 rings (SSSR count). The number of aromatic nitrogens is 1. The zero-order chi connectivity index (χ0) is 19.2. The van der Waals surface area contributed by atoms with E-state index in [4.69, 9.17) is 5.26 Å². The molecule has 1 amide bonds. The second-order valence-electron chi connectivity index (χ2n) is 6.14. The molecule has 28 heavy (non-hydrogen) atoms. The molecular weight excluding hydrogens is 392 g/mol. The molecule has 1 aromatic heterocycles. The molecule has 5 nitrogen and oxygen atoms in total. The molecule has 3 aromatic rings. The van der Waals surface area contributed by atoms with Gasteiger partial charge in [0.25, 0.3) is 5.91 Å². The smallest absolute Gasteiger partial charge is 0.260 e. The molecule has 2 aromatic carbocycles. The first-order valence-corrected chi connectivity index (χ1v) is 9.87. The molecule has 0 aliphatic rings. The number of rotatable bonds is 7. The van der Waals surface area contributed by atoms with Crippen molar-refractivity contribution in [1.82, 2.24) is 9.88 Å². The third-order valence-corrected chi connectivity index (χ3v) is 5.61. The summed E-state index contributed by atoms with van der Waals surface area (Å²) in [6.07, 6.45) is 0. The van der Waals surface area contributed by atoms with Gasteiger partial charge in [-0.3, -0.25) is 9.69 Å². The Kier molecular flexibility index (Phi) is 7.94. The van der Waals surface area contributed by atoms with E-state index >= 15 is 0 Å². The van der Waals surface area contributed by atoms with E-state index in [1.54, 1.807) is 29.2 Å². The Labute approximate surface area is 175 Å². The number of carbonyl (C=O) groups excluding carboxylic acids is 1. The van der Waals surface area contributed by atoms with Crippen molar-refractivity contribution in [3.8, 4) is 6.07 Å². The third-order valence-electron chi connectivity index (χ3n) is 4.55. The fourth-order valence-electron chi connectivity index (χ4n) is 2.88. The highest BCUT2D eigenvalue weighted by molar-refractivity contribution is 7.22. The van der Waals surface area contributed by atoms with Gasteiger partial charge in [0.2, 0.25) is 0 Å². The average molecular weight is 415 g/mol. The summed E-state index contributed by atoms with van der Waals surface area (Å²) in [7, 11) is 0. The van der Waals surface area contributed by atoms with E-state index in [-0.39, 0.29) is 18.3 Å². The number of halogens is 1. The molecule has 0 saturated heterocycles. The van der Waals surface area contributed by atoms with Crippen LogP contribution >= 0.6 is 23.7 Å². The second kappa shape index (κ2) is 10.2. The van der Waals surface area contributed by atoms with Crippen molar-refractivity contribution in [1.29, 1.82) is 5.26 Å². The van der Waals surface area contributed by atoms with Gasteiger partial charge in [-0.2, -0.15) is 5.26 Å². The summed E-state index contributed by atoms with van der Waals surface area (Å²) in [6.45, 7) is 7.47. The van der Waals surface area contributed by atoms with Crippen LogP contribution in [0.5, 0.6) is 0 Å². The van der Waals surface area contributed by atoms with E-state index in [0.717, 1.165) is 29.9 Å². The summed E-state index contributed by atoms with van der Waals surface area (Å²) >= 11 is 1.53. The lowest BCUT2D eigenvalue weighted by Crippen LogP contribution is -2.38. The fourth-order valence-corrected chi connectivity index (χ4v) is 3.87. The van der Waals surface area contributed by atoms with Gasteiger partial charge in [-0.05, 0) is 49.5 Å². The van der Waals surface area contributed by atoms with Gasteiger partial charge in [-0.1, -0.05) is 37.3 Å². The summed E-state index contributed by atoms with van der Waals surface area (Å²) in [5, 5.41) is 9.68. The van der Waals surface area contributed by atoms with Crippen LogP contribution in [0.1, 0.15) is 29.8 Å². The van der Waals surface area contributed by atoms with Crippen LogP contribution < -0.4 is 4.90 Å². The average Bonchev–Trinajstić information content (AvgIpc) is 3.14. The minimum absolute atomic E-state index is 0. The number of carbonyl (C=O) groups is 1. The Hall–Kier alpha value is -2.46. The number of nitrogens with zero attached hydrogens (tertiary/aromatic N) is 4. The highest BCUT2D eigenvalue weighted by Crippen LogP contribution is 2.29. The summed E-state index contributed by atoms with van der Waals surface area (Å²) in [6, 6.07) is 16.8. The lowest BCUT2D eigenvalue weighted by molar-refractivity contribution is 0.0984. The normalized spacial score (nSPS) is 10.5. The second-order valence-corrected chi connectivity index (χ2v) is 7.15. The van der Waals surface area contributed by atoms with Crippen LogP contribution in [-0.4, -0.2) is 42.0 Å². The van der Waals surface area contributed by atoms with Crippen LogP contribution in [0.25, 0.3) is 10.2 Å². The van der Waals surface area contributed by atoms with E-state index in [0.29, 0.717) is 22.8 Å². The molecule has 0 fully saturated rings. The maximum atomic E-state index is 13.2. The number of hydrogen-bond donors (Lipinski definition) is 0. The maximum absolute atomic E-state index is 13.2. The van der Waals surface area contributed by atoms with Crippen LogP contribution in [0, 0.1) is 11.3 Å². The Balaban J connectivity index is 0.00000280. The first-order valence-electron chi connectivity index (χ1n) is 9.06. The van der Waals surface area contributed by atoms with Crippen molar-refractivity contribution in [2.75, 3.05) is 31.1 Å². The van der Waals surface area contributed by atoms with E-state index in [9.17, 15) is 4.79 Å². The molecule has 146 valence electrons. The van der Waals surface area contributed by atoms with Gasteiger partial charge in [-0.25, -0.2) is 4.98 Å². The SMILES string of the molecule is CCN(CC)CCN(C(=O)c1ccc(C#N)cc1)c1nc2ccccc2s1.Cl. The van der Waals surface area contributed by atoms with Crippen LogP contribution in [0.2, 0.25) is 0 Å². The molecule has 0 aliphatic carbocycles. The molecule has 0 radical (unpaired) electrons. The minimum atomic E-state index is -0.0919. The Morgan fingerprint density at radius 2 is 1.75 bits per heavy atom. The van der Waals surface area contributed by atoms with Gasteiger partial charge in [0.05, 0.1) is 21.8 Å². The number of thiazole rings is 1. The topological polar surface area (TPSA) is 60.2 Å². The third kappa shape index (κ3) is 4.87. The van der Waals surface area contributed by atoms with Crippen molar-refractivity contribution >= 4 is 45.0 Å². The number of fused-ring (bicyclic) bond motifs is 1.